The third-order valence-corrected chi connectivity index (χ3v) is 2.91. The van der Waals surface area contributed by atoms with Crippen molar-refractivity contribution in [2.75, 3.05) is 0 Å². The number of hydrogen-bond acceptors (Lipinski definition) is 3. The molecule has 2 aromatic heterocycles. The SMILES string of the molecule is NC(=O)c1cccc2ccc(-c3ccccn3)nc12. The van der Waals surface area contributed by atoms with Gasteiger partial charge in [0.05, 0.1) is 22.5 Å². The third-order valence-electron chi connectivity index (χ3n) is 2.91. The van der Waals surface area contributed by atoms with Crippen LogP contribution in [0.1, 0.15) is 10.4 Å². The van der Waals surface area contributed by atoms with E-state index in [0.717, 1.165) is 16.8 Å². The van der Waals surface area contributed by atoms with Crippen molar-refractivity contribution < 1.29 is 4.79 Å². The van der Waals surface area contributed by atoms with Crippen molar-refractivity contribution in [2.45, 2.75) is 0 Å². The minimum Gasteiger partial charge on any atom is -0.366 e. The first-order valence-electron chi connectivity index (χ1n) is 5.87. The van der Waals surface area contributed by atoms with Gasteiger partial charge in [-0.25, -0.2) is 4.98 Å². The molecule has 2 heterocycles. The van der Waals surface area contributed by atoms with Gasteiger partial charge in [-0.15, -0.1) is 0 Å². The van der Waals surface area contributed by atoms with Crippen LogP contribution >= 0.6 is 0 Å². The summed E-state index contributed by atoms with van der Waals surface area (Å²) in [5, 5.41) is 0.885. The number of benzene rings is 1. The Hall–Kier alpha value is -2.75. The maximum absolute atomic E-state index is 11.4. The second-order valence-electron chi connectivity index (χ2n) is 4.15. The van der Waals surface area contributed by atoms with E-state index in [9.17, 15) is 4.79 Å². The zero-order chi connectivity index (χ0) is 13.2. The predicted molar refractivity (Wildman–Crippen MR) is 73.5 cm³/mol. The van der Waals surface area contributed by atoms with Gasteiger partial charge in [-0.3, -0.25) is 9.78 Å². The van der Waals surface area contributed by atoms with Crippen LogP contribution in [0.15, 0.2) is 54.7 Å². The molecule has 0 fully saturated rings. The molecule has 19 heavy (non-hydrogen) atoms. The van der Waals surface area contributed by atoms with Crippen LogP contribution in [0.3, 0.4) is 0 Å². The molecule has 92 valence electrons. The molecule has 0 spiro atoms. The quantitative estimate of drug-likeness (QED) is 0.758. The number of carbonyl (C=O) groups is 1. The van der Waals surface area contributed by atoms with Gasteiger partial charge in [0.1, 0.15) is 0 Å². The van der Waals surface area contributed by atoms with Crippen molar-refractivity contribution in [3.05, 3.63) is 60.3 Å². The molecule has 3 aromatic rings. The highest BCUT2D eigenvalue weighted by atomic mass is 16.1. The molecule has 0 aliphatic rings. The Morgan fingerprint density at radius 3 is 2.58 bits per heavy atom. The van der Waals surface area contributed by atoms with E-state index in [1.807, 2.05) is 36.4 Å². The first-order chi connectivity index (χ1) is 9.25. The molecule has 4 heteroatoms. The second-order valence-corrected chi connectivity index (χ2v) is 4.15. The molecule has 0 radical (unpaired) electrons. The van der Waals surface area contributed by atoms with E-state index in [2.05, 4.69) is 9.97 Å². The summed E-state index contributed by atoms with van der Waals surface area (Å²) >= 11 is 0. The smallest absolute Gasteiger partial charge is 0.250 e. The standard InChI is InChI=1S/C15H11N3O/c16-15(19)11-5-3-4-10-7-8-13(18-14(10)11)12-6-1-2-9-17-12/h1-9H,(H2,16,19). The van der Waals surface area contributed by atoms with Crippen molar-refractivity contribution >= 4 is 16.8 Å². The average molecular weight is 249 g/mol. The number of fused-ring (bicyclic) bond motifs is 1. The molecule has 1 aromatic carbocycles. The highest BCUT2D eigenvalue weighted by Crippen LogP contribution is 2.21. The molecule has 0 aliphatic heterocycles. The molecule has 0 saturated heterocycles. The van der Waals surface area contributed by atoms with Gasteiger partial charge in [0, 0.05) is 11.6 Å². The molecule has 1 amide bonds. The lowest BCUT2D eigenvalue weighted by Crippen LogP contribution is -2.11. The minimum absolute atomic E-state index is 0.426. The largest absolute Gasteiger partial charge is 0.366 e. The molecule has 0 aliphatic carbocycles. The van der Waals surface area contributed by atoms with Crippen LogP contribution in [-0.2, 0) is 0 Å². The van der Waals surface area contributed by atoms with Crippen LogP contribution in [0.5, 0.6) is 0 Å². The molecular weight excluding hydrogens is 238 g/mol. The summed E-state index contributed by atoms with van der Waals surface area (Å²) in [7, 11) is 0. The topological polar surface area (TPSA) is 68.9 Å². The Bertz CT molecular complexity index is 754. The van der Waals surface area contributed by atoms with Gasteiger partial charge in [0.2, 0.25) is 0 Å². The maximum Gasteiger partial charge on any atom is 0.250 e. The number of nitrogens with zero attached hydrogens (tertiary/aromatic N) is 2. The highest BCUT2D eigenvalue weighted by Gasteiger charge is 2.09. The van der Waals surface area contributed by atoms with Crippen molar-refractivity contribution in [3.8, 4) is 11.4 Å². The van der Waals surface area contributed by atoms with E-state index in [1.54, 1.807) is 18.3 Å². The zero-order valence-corrected chi connectivity index (χ0v) is 10.1. The minimum atomic E-state index is -0.476. The highest BCUT2D eigenvalue weighted by molar-refractivity contribution is 6.05. The molecule has 3 rings (SSSR count). The van der Waals surface area contributed by atoms with Crippen LogP contribution in [0.25, 0.3) is 22.3 Å². The normalized spacial score (nSPS) is 10.5. The molecule has 2 N–H and O–H groups in total. The van der Waals surface area contributed by atoms with Gasteiger partial charge >= 0.3 is 0 Å². The average Bonchev–Trinajstić information content (AvgIpc) is 2.47. The van der Waals surface area contributed by atoms with E-state index in [4.69, 9.17) is 5.73 Å². The van der Waals surface area contributed by atoms with Crippen molar-refractivity contribution in [1.82, 2.24) is 9.97 Å². The van der Waals surface area contributed by atoms with Crippen LogP contribution in [0, 0.1) is 0 Å². The number of hydrogen-bond donors (Lipinski definition) is 1. The van der Waals surface area contributed by atoms with Crippen LogP contribution in [0.4, 0.5) is 0 Å². The zero-order valence-electron chi connectivity index (χ0n) is 10.1. The Labute approximate surface area is 109 Å². The molecule has 0 atom stereocenters. The lowest BCUT2D eigenvalue weighted by Gasteiger charge is -2.05. The Kier molecular flexibility index (Phi) is 2.68. The Morgan fingerprint density at radius 2 is 1.84 bits per heavy atom. The fraction of sp³-hybridized carbons (Fsp3) is 0. The van der Waals surface area contributed by atoms with Gasteiger partial charge in [0.15, 0.2) is 0 Å². The monoisotopic (exact) mass is 249 g/mol. The maximum atomic E-state index is 11.4. The lowest BCUT2D eigenvalue weighted by molar-refractivity contribution is 0.100. The third kappa shape index (κ3) is 2.04. The van der Waals surface area contributed by atoms with Crippen LogP contribution in [-0.4, -0.2) is 15.9 Å². The van der Waals surface area contributed by atoms with Gasteiger partial charge in [-0.2, -0.15) is 0 Å². The number of primary amides is 1. The van der Waals surface area contributed by atoms with Crippen LogP contribution < -0.4 is 5.73 Å². The van der Waals surface area contributed by atoms with E-state index >= 15 is 0 Å². The summed E-state index contributed by atoms with van der Waals surface area (Å²) in [6.07, 6.45) is 1.71. The van der Waals surface area contributed by atoms with Gasteiger partial charge in [0.25, 0.3) is 5.91 Å². The molecule has 0 unspecified atom stereocenters. The van der Waals surface area contributed by atoms with Crippen molar-refractivity contribution in [2.24, 2.45) is 5.73 Å². The fourth-order valence-electron chi connectivity index (χ4n) is 2.00. The van der Waals surface area contributed by atoms with Crippen LogP contribution in [0.2, 0.25) is 0 Å². The molecule has 0 saturated carbocycles. The van der Waals surface area contributed by atoms with Gasteiger partial charge in [-0.05, 0) is 24.3 Å². The summed E-state index contributed by atoms with van der Waals surface area (Å²) in [5.74, 6) is -0.476. The van der Waals surface area contributed by atoms with Gasteiger partial charge in [-0.1, -0.05) is 24.3 Å². The van der Waals surface area contributed by atoms with Crippen molar-refractivity contribution in [3.63, 3.8) is 0 Å². The first kappa shape index (κ1) is 11.3. The van der Waals surface area contributed by atoms with Crippen molar-refractivity contribution in [1.29, 1.82) is 0 Å². The molecular formula is C15H11N3O. The number of amides is 1. The second kappa shape index (κ2) is 4.49. The fourth-order valence-corrected chi connectivity index (χ4v) is 2.00. The molecule has 0 bridgehead atoms. The summed E-state index contributed by atoms with van der Waals surface area (Å²) in [5.41, 5.74) is 7.90. The Morgan fingerprint density at radius 1 is 0.947 bits per heavy atom. The van der Waals surface area contributed by atoms with E-state index in [-0.39, 0.29) is 0 Å². The summed E-state index contributed by atoms with van der Waals surface area (Å²) in [4.78, 5) is 20.2. The Balaban J connectivity index is 2.25. The first-order valence-corrected chi connectivity index (χ1v) is 5.87. The van der Waals surface area contributed by atoms with E-state index in [1.165, 1.54) is 0 Å². The number of carbonyl (C=O) groups excluding carboxylic acids is 1. The summed E-state index contributed by atoms with van der Waals surface area (Å²) in [6, 6.07) is 14.8. The number of para-hydroxylation sites is 1. The van der Waals surface area contributed by atoms with Gasteiger partial charge < -0.3 is 5.73 Å². The van der Waals surface area contributed by atoms with E-state index < -0.39 is 5.91 Å². The number of aromatic nitrogens is 2. The summed E-state index contributed by atoms with van der Waals surface area (Å²) < 4.78 is 0. The lowest BCUT2D eigenvalue weighted by atomic mass is 10.1. The summed E-state index contributed by atoms with van der Waals surface area (Å²) in [6.45, 7) is 0. The number of rotatable bonds is 2. The number of pyridine rings is 2. The number of nitrogens with two attached hydrogens (primary N) is 1. The van der Waals surface area contributed by atoms with E-state index in [0.29, 0.717) is 11.1 Å². The predicted octanol–water partition coefficient (Wildman–Crippen LogP) is 2.40. The molecule has 4 nitrogen and oxygen atoms in total.